The molecule has 1 heteroatoms. The molecule has 0 atom stereocenters. The summed E-state index contributed by atoms with van der Waals surface area (Å²) in [5.41, 5.74) is 0. The van der Waals surface area contributed by atoms with Gasteiger partial charge in [0.2, 0.25) is 0 Å². The van der Waals surface area contributed by atoms with E-state index in [1.165, 1.54) is 71.0 Å². The molecule has 2 saturated carbocycles. The number of hydrogen-bond donors (Lipinski definition) is 1. The molecule has 0 amide bonds. The highest BCUT2D eigenvalue weighted by molar-refractivity contribution is 4.72. The molecule has 3 aliphatic rings. The van der Waals surface area contributed by atoms with Gasteiger partial charge in [0, 0.05) is 5.92 Å². The summed E-state index contributed by atoms with van der Waals surface area (Å²) in [6.07, 6.45) is 19.9. The molecule has 2 aliphatic carbocycles. The van der Waals surface area contributed by atoms with E-state index < -0.39 is 0 Å². The molecule has 0 aromatic carbocycles. The SMILES string of the molecule is C1CCC(CC2CC[NH+](CC3CCCCC3)CC2)CC1. The van der Waals surface area contributed by atoms with E-state index >= 15 is 0 Å². The molecule has 0 unspecified atom stereocenters. The third-order valence-electron chi connectivity index (χ3n) is 6.51. The number of piperidine rings is 1. The van der Waals surface area contributed by atoms with Gasteiger partial charge in [-0.25, -0.2) is 0 Å². The minimum Gasteiger partial charge on any atom is -0.335 e. The van der Waals surface area contributed by atoms with Gasteiger partial charge in [-0.1, -0.05) is 51.4 Å². The van der Waals surface area contributed by atoms with E-state index in [1.807, 2.05) is 4.90 Å². The van der Waals surface area contributed by atoms with E-state index in [1.54, 1.807) is 32.1 Å². The Hall–Kier alpha value is -0.0400. The Balaban J connectivity index is 1.33. The lowest BCUT2D eigenvalue weighted by atomic mass is 9.79. The van der Waals surface area contributed by atoms with Crippen molar-refractivity contribution in [2.24, 2.45) is 17.8 Å². The third-order valence-corrected chi connectivity index (χ3v) is 6.51. The van der Waals surface area contributed by atoms with Gasteiger partial charge in [-0.15, -0.1) is 0 Å². The van der Waals surface area contributed by atoms with Crippen LogP contribution in [0.3, 0.4) is 0 Å². The first-order valence-corrected chi connectivity index (χ1v) is 9.73. The summed E-state index contributed by atoms with van der Waals surface area (Å²) in [6.45, 7) is 4.50. The normalized spacial score (nSPS) is 34.2. The molecule has 116 valence electrons. The largest absolute Gasteiger partial charge is 0.335 e. The molecule has 3 fully saturated rings. The van der Waals surface area contributed by atoms with Gasteiger partial charge in [0.05, 0.1) is 19.6 Å². The van der Waals surface area contributed by atoms with Crippen molar-refractivity contribution in [1.29, 1.82) is 0 Å². The van der Waals surface area contributed by atoms with Crippen LogP contribution in [0.1, 0.15) is 83.5 Å². The maximum Gasteiger partial charge on any atom is 0.0799 e. The van der Waals surface area contributed by atoms with Gasteiger partial charge in [0.25, 0.3) is 0 Å². The molecular weight excluding hydrogens is 242 g/mol. The zero-order valence-corrected chi connectivity index (χ0v) is 13.5. The van der Waals surface area contributed by atoms with E-state index in [0.717, 1.165) is 17.8 Å². The monoisotopic (exact) mass is 278 g/mol. The van der Waals surface area contributed by atoms with Crippen molar-refractivity contribution in [3.63, 3.8) is 0 Å². The van der Waals surface area contributed by atoms with Crippen molar-refractivity contribution in [3.05, 3.63) is 0 Å². The molecule has 0 aromatic rings. The van der Waals surface area contributed by atoms with Gasteiger partial charge in [-0.05, 0) is 43.9 Å². The summed E-state index contributed by atoms with van der Waals surface area (Å²) >= 11 is 0. The van der Waals surface area contributed by atoms with Gasteiger partial charge >= 0.3 is 0 Å². The second-order valence-electron chi connectivity index (χ2n) is 8.14. The fraction of sp³-hybridized carbons (Fsp3) is 1.00. The van der Waals surface area contributed by atoms with Crippen LogP contribution in [0, 0.1) is 17.8 Å². The van der Waals surface area contributed by atoms with Crippen LogP contribution in [0.4, 0.5) is 0 Å². The van der Waals surface area contributed by atoms with Gasteiger partial charge in [-0.2, -0.15) is 0 Å². The summed E-state index contributed by atoms with van der Waals surface area (Å²) in [5.74, 6) is 3.27. The van der Waals surface area contributed by atoms with E-state index in [-0.39, 0.29) is 0 Å². The second-order valence-corrected chi connectivity index (χ2v) is 8.14. The molecule has 1 nitrogen and oxygen atoms in total. The fourth-order valence-corrected chi connectivity index (χ4v) is 5.22. The third kappa shape index (κ3) is 4.48. The first-order valence-electron chi connectivity index (χ1n) is 9.73. The smallest absolute Gasteiger partial charge is 0.0799 e. The van der Waals surface area contributed by atoms with Gasteiger partial charge in [0.15, 0.2) is 0 Å². The van der Waals surface area contributed by atoms with Crippen molar-refractivity contribution in [3.8, 4) is 0 Å². The predicted molar refractivity (Wildman–Crippen MR) is 86.1 cm³/mol. The summed E-state index contributed by atoms with van der Waals surface area (Å²) in [5, 5.41) is 0. The van der Waals surface area contributed by atoms with E-state index in [4.69, 9.17) is 0 Å². The van der Waals surface area contributed by atoms with Crippen molar-refractivity contribution in [2.45, 2.75) is 83.5 Å². The molecule has 0 radical (unpaired) electrons. The molecule has 1 heterocycles. The minimum atomic E-state index is 1.08. The molecule has 20 heavy (non-hydrogen) atoms. The van der Waals surface area contributed by atoms with Crippen LogP contribution in [-0.2, 0) is 0 Å². The van der Waals surface area contributed by atoms with Crippen LogP contribution in [0.5, 0.6) is 0 Å². The van der Waals surface area contributed by atoms with Crippen molar-refractivity contribution >= 4 is 0 Å². The average Bonchev–Trinajstić information content (AvgIpc) is 2.51. The minimum absolute atomic E-state index is 1.08. The second kappa shape index (κ2) is 7.82. The maximum absolute atomic E-state index is 1.96. The summed E-state index contributed by atoms with van der Waals surface area (Å²) in [6, 6.07) is 0. The summed E-state index contributed by atoms with van der Waals surface area (Å²) in [7, 11) is 0. The van der Waals surface area contributed by atoms with Crippen LogP contribution in [-0.4, -0.2) is 19.6 Å². The van der Waals surface area contributed by atoms with Crippen molar-refractivity contribution < 1.29 is 4.90 Å². The van der Waals surface area contributed by atoms with E-state index in [0.29, 0.717) is 0 Å². The number of rotatable bonds is 4. The maximum atomic E-state index is 1.96. The van der Waals surface area contributed by atoms with Crippen LogP contribution in [0.15, 0.2) is 0 Å². The Labute approximate surface area is 126 Å². The Morgan fingerprint density at radius 2 is 1.05 bits per heavy atom. The predicted octanol–water partition coefficient (Wildman–Crippen LogP) is 3.83. The Morgan fingerprint density at radius 3 is 1.65 bits per heavy atom. The molecule has 1 aliphatic heterocycles. The van der Waals surface area contributed by atoms with Crippen LogP contribution in [0.25, 0.3) is 0 Å². The quantitative estimate of drug-likeness (QED) is 0.797. The van der Waals surface area contributed by atoms with Gasteiger partial charge < -0.3 is 4.90 Å². The first kappa shape index (κ1) is 14.9. The van der Waals surface area contributed by atoms with Crippen molar-refractivity contribution in [1.82, 2.24) is 0 Å². The Bertz CT molecular complexity index is 227. The van der Waals surface area contributed by atoms with Crippen molar-refractivity contribution in [2.75, 3.05) is 19.6 Å². The highest BCUT2D eigenvalue weighted by atomic mass is 15.1. The highest BCUT2D eigenvalue weighted by Crippen LogP contribution is 2.31. The molecule has 1 N–H and O–H groups in total. The first-order chi connectivity index (χ1) is 9.90. The topological polar surface area (TPSA) is 4.44 Å². The molecule has 0 bridgehead atoms. The van der Waals surface area contributed by atoms with E-state index in [9.17, 15) is 0 Å². The Morgan fingerprint density at radius 1 is 0.550 bits per heavy atom. The molecule has 0 aromatic heterocycles. The zero-order chi connectivity index (χ0) is 13.6. The number of nitrogens with one attached hydrogen (secondary N) is 1. The highest BCUT2D eigenvalue weighted by Gasteiger charge is 2.27. The van der Waals surface area contributed by atoms with Gasteiger partial charge in [-0.3, -0.25) is 0 Å². The van der Waals surface area contributed by atoms with Crippen LogP contribution < -0.4 is 4.90 Å². The van der Waals surface area contributed by atoms with Crippen LogP contribution in [0.2, 0.25) is 0 Å². The average molecular weight is 279 g/mol. The Kier molecular flexibility index (Phi) is 5.82. The molecule has 1 saturated heterocycles. The standard InChI is InChI=1S/C19H35N/c1-3-7-17(8-4-1)15-18-11-13-20(14-12-18)16-19-9-5-2-6-10-19/h17-19H,1-16H2/p+1. The lowest BCUT2D eigenvalue weighted by molar-refractivity contribution is -0.909. The number of hydrogen-bond acceptors (Lipinski definition) is 0. The lowest BCUT2D eigenvalue weighted by Gasteiger charge is -2.34. The zero-order valence-electron chi connectivity index (χ0n) is 13.5. The number of quaternary nitrogens is 1. The van der Waals surface area contributed by atoms with E-state index in [2.05, 4.69) is 0 Å². The van der Waals surface area contributed by atoms with Gasteiger partial charge in [0.1, 0.15) is 0 Å². The summed E-state index contributed by atoms with van der Waals surface area (Å²) < 4.78 is 0. The lowest BCUT2D eigenvalue weighted by Crippen LogP contribution is -3.13. The molecule has 0 spiro atoms. The van der Waals surface area contributed by atoms with Crippen LogP contribution >= 0.6 is 0 Å². The molecular formula is C19H36N+. The number of likely N-dealkylation sites (tertiary alicyclic amines) is 1. The summed E-state index contributed by atoms with van der Waals surface area (Å²) in [4.78, 5) is 1.96. The fourth-order valence-electron chi connectivity index (χ4n) is 5.22. The molecule has 3 rings (SSSR count).